The molecule has 108 valence electrons. The van der Waals surface area contributed by atoms with Crippen molar-refractivity contribution in [3.8, 4) is 0 Å². The quantitative estimate of drug-likeness (QED) is 0.580. The average molecular weight is 277 g/mol. The summed E-state index contributed by atoms with van der Waals surface area (Å²) in [5.41, 5.74) is 6.43. The summed E-state index contributed by atoms with van der Waals surface area (Å²) >= 11 is 0. The molecule has 0 aliphatic carbocycles. The molecule has 2 bridgehead atoms. The summed E-state index contributed by atoms with van der Waals surface area (Å²) in [6.07, 6.45) is 3.57. The number of halogens is 1. The number of nitrogens with one attached hydrogen (secondary N) is 1. The fourth-order valence-electron chi connectivity index (χ4n) is 3.54. The summed E-state index contributed by atoms with van der Waals surface area (Å²) in [4.78, 5) is 2.32. The summed E-state index contributed by atoms with van der Waals surface area (Å²) in [5.74, 6) is -0.417. The molecule has 2 atom stereocenters. The van der Waals surface area contributed by atoms with Gasteiger partial charge in [0.2, 0.25) is 0 Å². The molecule has 0 amide bonds. The van der Waals surface area contributed by atoms with Crippen LogP contribution in [0.4, 0.5) is 4.39 Å². The average Bonchev–Trinajstić information content (AvgIpc) is 2.63. The number of nitrogen functional groups attached to an aromatic ring is 1. The lowest BCUT2D eigenvalue weighted by molar-refractivity contribution is 0.0305. The molecule has 0 spiro atoms. The van der Waals surface area contributed by atoms with E-state index >= 15 is 0 Å². The molecule has 0 aromatic heterocycles. The van der Waals surface area contributed by atoms with Crippen molar-refractivity contribution >= 4 is 5.84 Å². The highest BCUT2D eigenvalue weighted by atomic mass is 19.1. The van der Waals surface area contributed by atoms with Gasteiger partial charge in [0, 0.05) is 29.8 Å². The van der Waals surface area contributed by atoms with Crippen LogP contribution in [0.15, 0.2) is 18.2 Å². The summed E-state index contributed by atoms with van der Waals surface area (Å²) in [6.45, 7) is 0.575. The summed E-state index contributed by atoms with van der Waals surface area (Å²) in [7, 11) is 0. The highest BCUT2D eigenvalue weighted by Gasteiger charge is 2.40. The molecule has 1 aromatic carbocycles. The van der Waals surface area contributed by atoms with Crippen LogP contribution < -0.4 is 5.73 Å². The first-order valence-corrected chi connectivity index (χ1v) is 7.11. The van der Waals surface area contributed by atoms with Crippen LogP contribution in [-0.4, -0.2) is 34.0 Å². The number of aliphatic hydroxyl groups is 1. The van der Waals surface area contributed by atoms with E-state index in [-0.39, 0.29) is 17.8 Å². The third kappa shape index (κ3) is 2.43. The number of rotatable bonds is 3. The van der Waals surface area contributed by atoms with Crippen molar-refractivity contribution in [3.05, 3.63) is 35.1 Å². The van der Waals surface area contributed by atoms with Gasteiger partial charge in [-0.3, -0.25) is 10.3 Å². The van der Waals surface area contributed by atoms with Gasteiger partial charge in [-0.25, -0.2) is 4.39 Å². The number of amidine groups is 1. The number of hydrogen-bond donors (Lipinski definition) is 3. The Morgan fingerprint density at radius 3 is 2.55 bits per heavy atom. The lowest BCUT2D eigenvalue weighted by Crippen LogP contribution is -2.44. The minimum absolute atomic E-state index is 0.114. The summed E-state index contributed by atoms with van der Waals surface area (Å²) in [5, 5.41) is 17.1. The van der Waals surface area contributed by atoms with Gasteiger partial charge in [-0.05, 0) is 31.7 Å². The van der Waals surface area contributed by atoms with Crippen LogP contribution in [0.2, 0.25) is 0 Å². The van der Waals surface area contributed by atoms with Crippen molar-refractivity contribution in [3.63, 3.8) is 0 Å². The van der Waals surface area contributed by atoms with Crippen molar-refractivity contribution in [2.75, 3.05) is 0 Å². The highest BCUT2D eigenvalue weighted by Crippen LogP contribution is 2.37. The van der Waals surface area contributed by atoms with Gasteiger partial charge in [0.1, 0.15) is 11.7 Å². The molecule has 0 radical (unpaired) electrons. The minimum atomic E-state index is -0.303. The summed E-state index contributed by atoms with van der Waals surface area (Å²) in [6, 6.07) is 5.49. The van der Waals surface area contributed by atoms with Crippen LogP contribution >= 0.6 is 0 Å². The molecule has 5 heteroatoms. The zero-order chi connectivity index (χ0) is 14.3. The van der Waals surface area contributed by atoms with Gasteiger partial charge in [0.25, 0.3) is 0 Å². The monoisotopic (exact) mass is 277 g/mol. The van der Waals surface area contributed by atoms with Gasteiger partial charge in [-0.15, -0.1) is 0 Å². The molecular weight excluding hydrogens is 257 g/mol. The topological polar surface area (TPSA) is 73.3 Å². The van der Waals surface area contributed by atoms with E-state index in [1.807, 2.05) is 0 Å². The van der Waals surface area contributed by atoms with E-state index in [2.05, 4.69) is 4.90 Å². The smallest absolute Gasteiger partial charge is 0.128 e. The minimum Gasteiger partial charge on any atom is -0.393 e. The molecular formula is C15H20FN3O. The Bertz CT molecular complexity index is 520. The normalized spacial score (nSPS) is 29.6. The first kappa shape index (κ1) is 13.5. The Labute approximate surface area is 117 Å². The Hall–Kier alpha value is -1.46. The molecule has 2 heterocycles. The van der Waals surface area contributed by atoms with Crippen molar-refractivity contribution in [2.45, 2.75) is 50.4 Å². The fourth-order valence-corrected chi connectivity index (χ4v) is 3.54. The lowest BCUT2D eigenvalue weighted by Gasteiger charge is -2.37. The van der Waals surface area contributed by atoms with Crippen molar-refractivity contribution in [2.24, 2.45) is 5.73 Å². The van der Waals surface area contributed by atoms with Crippen LogP contribution in [0.3, 0.4) is 0 Å². The number of piperidine rings is 1. The van der Waals surface area contributed by atoms with Gasteiger partial charge in [-0.2, -0.15) is 0 Å². The van der Waals surface area contributed by atoms with Gasteiger partial charge < -0.3 is 10.8 Å². The van der Waals surface area contributed by atoms with Crippen LogP contribution in [0.25, 0.3) is 0 Å². The van der Waals surface area contributed by atoms with Crippen LogP contribution in [0.1, 0.15) is 36.8 Å². The number of hydrogen-bond acceptors (Lipinski definition) is 3. The standard InChI is InChI=1S/C15H20FN3O/c16-14-5-9(15(17)18)1-2-10(14)8-19-11-3-4-12(19)7-13(20)6-11/h1-2,5,11-13,20H,3-4,6-8H2,(H3,17,18). The fraction of sp³-hybridized carbons (Fsp3) is 0.533. The lowest BCUT2D eigenvalue weighted by atomic mass is 9.98. The second kappa shape index (κ2) is 5.14. The SMILES string of the molecule is N=C(N)c1ccc(CN2C3CCC2CC(O)C3)c(F)c1. The van der Waals surface area contributed by atoms with Crippen molar-refractivity contribution in [1.82, 2.24) is 4.90 Å². The van der Waals surface area contributed by atoms with Gasteiger partial charge in [-0.1, -0.05) is 12.1 Å². The highest BCUT2D eigenvalue weighted by molar-refractivity contribution is 5.94. The second-order valence-electron chi connectivity index (χ2n) is 5.90. The third-order valence-corrected chi connectivity index (χ3v) is 4.58. The molecule has 4 N–H and O–H groups in total. The largest absolute Gasteiger partial charge is 0.393 e. The van der Waals surface area contributed by atoms with Crippen LogP contribution in [-0.2, 0) is 6.54 Å². The predicted molar refractivity (Wildman–Crippen MR) is 75.0 cm³/mol. The molecule has 4 nitrogen and oxygen atoms in total. The van der Waals surface area contributed by atoms with E-state index < -0.39 is 0 Å². The van der Waals surface area contributed by atoms with Crippen molar-refractivity contribution < 1.29 is 9.50 Å². The second-order valence-corrected chi connectivity index (χ2v) is 5.90. The van der Waals surface area contributed by atoms with E-state index in [1.54, 1.807) is 12.1 Å². The molecule has 0 saturated carbocycles. The van der Waals surface area contributed by atoms with Crippen molar-refractivity contribution in [1.29, 1.82) is 5.41 Å². The predicted octanol–water partition coefficient (Wildman–Crippen LogP) is 1.60. The Morgan fingerprint density at radius 1 is 1.35 bits per heavy atom. The summed E-state index contributed by atoms with van der Waals surface area (Å²) < 4.78 is 14.1. The van der Waals surface area contributed by atoms with Crippen LogP contribution in [0.5, 0.6) is 0 Å². The Kier molecular flexibility index (Phi) is 3.48. The number of benzene rings is 1. The maximum atomic E-state index is 14.1. The third-order valence-electron chi connectivity index (χ3n) is 4.58. The molecule has 3 rings (SSSR count). The van der Waals surface area contributed by atoms with E-state index in [9.17, 15) is 9.50 Å². The van der Waals surface area contributed by atoms with E-state index in [1.165, 1.54) is 6.07 Å². The Morgan fingerprint density at radius 2 is 2.00 bits per heavy atom. The maximum Gasteiger partial charge on any atom is 0.128 e. The van der Waals surface area contributed by atoms with E-state index in [0.717, 1.165) is 25.7 Å². The molecule has 2 aliphatic rings. The molecule has 2 saturated heterocycles. The van der Waals surface area contributed by atoms with Crippen LogP contribution in [0, 0.1) is 11.2 Å². The van der Waals surface area contributed by atoms with E-state index in [4.69, 9.17) is 11.1 Å². The zero-order valence-electron chi connectivity index (χ0n) is 11.3. The number of nitrogens with zero attached hydrogens (tertiary/aromatic N) is 1. The zero-order valence-corrected chi connectivity index (χ0v) is 11.3. The van der Waals surface area contributed by atoms with Gasteiger partial charge in [0.15, 0.2) is 0 Å². The van der Waals surface area contributed by atoms with Gasteiger partial charge in [0.05, 0.1) is 6.10 Å². The number of fused-ring (bicyclic) bond motifs is 2. The maximum absolute atomic E-state index is 14.1. The molecule has 2 unspecified atom stereocenters. The molecule has 1 aromatic rings. The van der Waals surface area contributed by atoms with E-state index in [0.29, 0.717) is 29.8 Å². The number of nitrogens with two attached hydrogens (primary N) is 1. The molecule has 2 aliphatic heterocycles. The number of aliphatic hydroxyl groups excluding tert-OH is 1. The molecule has 20 heavy (non-hydrogen) atoms. The first-order chi connectivity index (χ1) is 9.54. The Balaban J connectivity index is 1.77. The molecule has 2 fully saturated rings. The first-order valence-electron chi connectivity index (χ1n) is 7.11. The van der Waals surface area contributed by atoms with Gasteiger partial charge >= 0.3 is 0 Å².